The minimum Gasteiger partial charge on any atom is -0.354 e. The number of piperazine rings is 1. The van der Waals surface area contributed by atoms with Crippen molar-refractivity contribution in [3.63, 3.8) is 0 Å². The first-order chi connectivity index (χ1) is 15.5. The van der Waals surface area contributed by atoms with Crippen LogP contribution in [0.15, 0.2) is 54.7 Å². The molecule has 1 saturated heterocycles. The Balaban J connectivity index is 1.37. The first-order valence-corrected chi connectivity index (χ1v) is 11.5. The van der Waals surface area contributed by atoms with Crippen LogP contribution in [0.25, 0.3) is 16.8 Å². The SMILES string of the molecule is Cc1ccc(CN2CCN(c3cc(C)nc4c(-c5ccc(Cl)cc5)cnn34)CC2)c(C)c1. The second-order valence-corrected chi connectivity index (χ2v) is 9.19. The smallest absolute Gasteiger partial charge is 0.165 e. The zero-order valence-electron chi connectivity index (χ0n) is 18.8. The third-order valence-electron chi connectivity index (χ3n) is 6.32. The molecule has 0 unspecified atom stereocenters. The number of aryl methyl sites for hydroxylation is 3. The number of hydrogen-bond acceptors (Lipinski definition) is 4. The van der Waals surface area contributed by atoms with E-state index in [1.54, 1.807) is 0 Å². The Morgan fingerprint density at radius 2 is 1.66 bits per heavy atom. The Kier molecular flexibility index (Phi) is 5.62. The van der Waals surface area contributed by atoms with E-state index in [1.165, 1.54) is 16.7 Å². The fraction of sp³-hybridized carbons (Fsp3) is 0.308. The number of halogens is 1. The van der Waals surface area contributed by atoms with Gasteiger partial charge in [-0.3, -0.25) is 4.90 Å². The van der Waals surface area contributed by atoms with Crippen molar-refractivity contribution in [3.8, 4) is 11.1 Å². The van der Waals surface area contributed by atoms with E-state index in [-0.39, 0.29) is 0 Å². The van der Waals surface area contributed by atoms with E-state index in [0.717, 1.165) is 66.0 Å². The molecule has 4 aromatic rings. The zero-order chi connectivity index (χ0) is 22.2. The number of hydrogen-bond donors (Lipinski definition) is 0. The Morgan fingerprint density at radius 3 is 2.38 bits per heavy atom. The molecule has 2 aromatic carbocycles. The third-order valence-corrected chi connectivity index (χ3v) is 6.58. The van der Waals surface area contributed by atoms with Gasteiger partial charge in [-0.2, -0.15) is 9.61 Å². The Morgan fingerprint density at radius 1 is 0.906 bits per heavy atom. The van der Waals surface area contributed by atoms with Gasteiger partial charge in [0.15, 0.2) is 5.65 Å². The molecular weight excluding hydrogens is 418 g/mol. The fourth-order valence-electron chi connectivity index (χ4n) is 4.52. The average Bonchev–Trinajstić information content (AvgIpc) is 3.20. The number of nitrogens with zero attached hydrogens (tertiary/aromatic N) is 5. The van der Waals surface area contributed by atoms with Crippen molar-refractivity contribution < 1.29 is 0 Å². The van der Waals surface area contributed by atoms with E-state index >= 15 is 0 Å². The summed E-state index contributed by atoms with van der Waals surface area (Å²) in [6.45, 7) is 11.4. The molecule has 5 rings (SSSR count). The molecule has 1 aliphatic rings. The highest BCUT2D eigenvalue weighted by Gasteiger charge is 2.22. The van der Waals surface area contributed by atoms with Crippen molar-refractivity contribution in [2.45, 2.75) is 27.3 Å². The minimum atomic E-state index is 0.730. The number of fused-ring (bicyclic) bond motifs is 1. The molecule has 0 atom stereocenters. The van der Waals surface area contributed by atoms with Crippen molar-refractivity contribution >= 4 is 23.1 Å². The topological polar surface area (TPSA) is 36.7 Å². The van der Waals surface area contributed by atoms with Gasteiger partial charge in [0.05, 0.1) is 6.20 Å². The second-order valence-electron chi connectivity index (χ2n) is 8.75. The van der Waals surface area contributed by atoms with Crippen LogP contribution in [0.5, 0.6) is 0 Å². The lowest BCUT2D eigenvalue weighted by Gasteiger charge is -2.36. The van der Waals surface area contributed by atoms with Gasteiger partial charge in [0, 0.05) is 55.1 Å². The van der Waals surface area contributed by atoms with Gasteiger partial charge in [0.2, 0.25) is 0 Å². The molecule has 0 saturated carbocycles. The highest BCUT2D eigenvalue weighted by atomic mass is 35.5. The van der Waals surface area contributed by atoms with Crippen LogP contribution >= 0.6 is 11.6 Å². The van der Waals surface area contributed by atoms with Crippen molar-refractivity contribution in [1.29, 1.82) is 0 Å². The Bertz CT molecular complexity index is 1250. The maximum atomic E-state index is 6.07. The normalized spacial score (nSPS) is 14.9. The monoisotopic (exact) mass is 445 g/mol. The summed E-state index contributed by atoms with van der Waals surface area (Å²) in [5.41, 5.74) is 8.12. The van der Waals surface area contributed by atoms with Gasteiger partial charge >= 0.3 is 0 Å². The summed E-state index contributed by atoms with van der Waals surface area (Å²) in [4.78, 5) is 9.78. The Labute approximate surface area is 194 Å². The van der Waals surface area contributed by atoms with Gasteiger partial charge in [0.1, 0.15) is 5.82 Å². The second kappa shape index (κ2) is 8.57. The summed E-state index contributed by atoms with van der Waals surface area (Å²) < 4.78 is 1.98. The first-order valence-electron chi connectivity index (χ1n) is 11.1. The van der Waals surface area contributed by atoms with E-state index in [1.807, 2.05) is 35.0 Å². The zero-order valence-corrected chi connectivity index (χ0v) is 19.6. The molecule has 0 bridgehead atoms. The maximum absolute atomic E-state index is 6.07. The van der Waals surface area contributed by atoms with Crippen molar-refractivity contribution in [1.82, 2.24) is 19.5 Å². The molecule has 0 spiro atoms. The first kappa shape index (κ1) is 21.0. The van der Waals surface area contributed by atoms with Crippen LogP contribution in [0.2, 0.25) is 5.02 Å². The summed E-state index contributed by atoms with van der Waals surface area (Å²) in [5.74, 6) is 1.11. The highest BCUT2D eigenvalue weighted by molar-refractivity contribution is 6.30. The molecule has 3 heterocycles. The predicted octanol–water partition coefficient (Wildman–Crippen LogP) is 5.30. The quantitative estimate of drug-likeness (QED) is 0.427. The molecule has 1 fully saturated rings. The lowest BCUT2D eigenvalue weighted by Crippen LogP contribution is -2.46. The van der Waals surface area contributed by atoms with E-state index in [2.05, 4.69) is 54.8 Å². The van der Waals surface area contributed by atoms with E-state index in [0.29, 0.717) is 0 Å². The van der Waals surface area contributed by atoms with Crippen molar-refractivity contribution in [2.24, 2.45) is 0 Å². The van der Waals surface area contributed by atoms with Gasteiger partial charge in [-0.1, -0.05) is 47.5 Å². The van der Waals surface area contributed by atoms with Crippen LogP contribution < -0.4 is 4.90 Å². The molecule has 0 aliphatic carbocycles. The van der Waals surface area contributed by atoms with Gasteiger partial charge in [-0.25, -0.2) is 4.98 Å². The molecule has 32 heavy (non-hydrogen) atoms. The average molecular weight is 446 g/mol. The van der Waals surface area contributed by atoms with Gasteiger partial charge < -0.3 is 4.90 Å². The van der Waals surface area contributed by atoms with Gasteiger partial charge in [-0.15, -0.1) is 0 Å². The van der Waals surface area contributed by atoms with Crippen LogP contribution in [-0.4, -0.2) is 45.7 Å². The maximum Gasteiger partial charge on any atom is 0.165 e. The summed E-state index contributed by atoms with van der Waals surface area (Å²) in [7, 11) is 0. The number of benzene rings is 2. The molecule has 0 radical (unpaired) electrons. The summed E-state index contributed by atoms with van der Waals surface area (Å²) >= 11 is 6.07. The standard InChI is InChI=1S/C26H28ClN5/c1-18-4-5-22(19(2)14-18)17-30-10-12-31(13-11-30)25-15-20(3)29-26-24(16-28-32(25)26)21-6-8-23(27)9-7-21/h4-9,14-16H,10-13,17H2,1-3H3. The molecule has 0 amide bonds. The minimum absolute atomic E-state index is 0.730. The van der Waals surface area contributed by atoms with E-state index in [4.69, 9.17) is 21.7 Å². The number of rotatable bonds is 4. The molecule has 0 N–H and O–H groups in total. The van der Waals surface area contributed by atoms with Crippen LogP contribution in [0, 0.1) is 20.8 Å². The highest BCUT2D eigenvalue weighted by Crippen LogP contribution is 2.28. The molecule has 5 nitrogen and oxygen atoms in total. The molecular formula is C26H28ClN5. The summed E-state index contributed by atoms with van der Waals surface area (Å²) in [5, 5.41) is 5.44. The summed E-state index contributed by atoms with van der Waals surface area (Å²) in [6.07, 6.45) is 1.91. The predicted molar refractivity (Wildman–Crippen MR) is 132 cm³/mol. The number of anilines is 1. The Hall–Kier alpha value is -2.89. The molecule has 1 aliphatic heterocycles. The molecule has 164 valence electrons. The lowest BCUT2D eigenvalue weighted by atomic mass is 10.1. The van der Waals surface area contributed by atoms with Crippen molar-refractivity contribution in [3.05, 3.63) is 82.1 Å². The van der Waals surface area contributed by atoms with Crippen LogP contribution in [0.1, 0.15) is 22.4 Å². The van der Waals surface area contributed by atoms with E-state index < -0.39 is 0 Å². The third kappa shape index (κ3) is 4.10. The van der Waals surface area contributed by atoms with Crippen LogP contribution in [-0.2, 0) is 6.54 Å². The van der Waals surface area contributed by atoms with Crippen molar-refractivity contribution in [2.75, 3.05) is 31.1 Å². The molecule has 2 aromatic heterocycles. The number of aromatic nitrogens is 3. The largest absolute Gasteiger partial charge is 0.354 e. The van der Waals surface area contributed by atoms with Gasteiger partial charge in [0.25, 0.3) is 0 Å². The summed E-state index contributed by atoms with van der Waals surface area (Å²) in [6, 6.07) is 16.8. The molecule has 6 heteroatoms. The van der Waals surface area contributed by atoms with Gasteiger partial charge in [-0.05, 0) is 49.6 Å². The fourth-order valence-corrected chi connectivity index (χ4v) is 4.65. The van der Waals surface area contributed by atoms with E-state index in [9.17, 15) is 0 Å². The van der Waals surface area contributed by atoms with Crippen LogP contribution in [0.3, 0.4) is 0 Å². The lowest BCUT2D eigenvalue weighted by molar-refractivity contribution is 0.248. The van der Waals surface area contributed by atoms with Crippen LogP contribution in [0.4, 0.5) is 5.82 Å².